The predicted molar refractivity (Wildman–Crippen MR) is 72.1 cm³/mol. The Balaban J connectivity index is 2.52. The average Bonchev–Trinajstić information content (AvgIpc) is 2.76. The van der Waals surface area contributed by atoms with Gasteiger partial charge in [-0.3, -0.25) is 4.79 Å². The second kappa shape index (κ2) is 4.76. The summed E-state index contributed by atoms with van der Waals surface area (Å²) >= 11 is 0. The number of hydrogen-bond donors (Lipinski definition) is 1. The van der Waals surface area contributed by atoms with Gasteiger partial charge in [0.1, 0.15) is 11.5 Å². The quantitative estimate of drug-likeness (QED) is 0.908. The standard InChI is InChI=1S/C15H20O4/c1-9-7-12-10(5-6-19-12)11(13(9)18-4)8-15(2,3)14(16)17/h7H,5-6,8H2,1-4H3,(H,16,17). The molecule has 0 amide bonds. The first-order valence-electron chi connectivity index (χ1n) is 6.42. The van der Waals surface area contributed by atoms with E-state index >= 15 is 0 Å². The summed E-state index contributed by atoms with van der Waals surface area (Å²) in [5, 5.41) is 9.31. The highest BCUT2D eigenvalue weighted by Gasteiger charge is 2.32. The van der Waals surface area contributed by atoms with Gasteiger partial charge in [-0.25, -0.2) is 0 Å². The molecule has 0 unspecified atom stereocenters. The number of methoxy groups -OCH3 is 1. The van der Waals surface area contributed by atoms with Crippen molar-refractivity contribution in [1.29, 1.82) is 0 Å². The highest BCUT2D eigenvalue weighted by atomic mass is 16.5. The van der Waals surface area contributed by atoms with Gasteiger partial charge in [-0.1, -0.05) is 0 Å². The van der Waals surface area contributed by atoms with Gasteiger partial charge in [-0.2, -0.15) is 0 Å². The zero-order valence-corrected chi connectivity index (χ0v) is 11.9. The maximum absolute atomic E-state index is 11.3. The van der Waals surface area contributed by atoms with Crippen LogP contribution in [0.1, 0.15) is 30.5 Å². The molecule has 0 atom stereocenters. The minimum absolute atomic E-state index is 0.443. The number of carbonyl (C=O) groups is 1. The fraction of sp³-hybridized carbons (Fsp3) is 0.533. The highest BCUT2D eigenvalue weighted by Crippen LogP contribution is 2.40. The van der Waals surface area contributed by atoms with Crippen molar-refractivity contribution in [3.63, 3.8) is 0 Å². The van der Waals surface area contributed by atoms with Crippen molar-refractivity contribution in [3.8, 4) is 11.5 Å². The summed E-state index contributed by atoms with van der Waals surface area (Å²) in [6, 6.07) is 1.97. The molecule has 104 valence electrons. The molecule has 0 radical (unpaired) electrons. The smallest absolute Gasteiger partial charge is 0.309 e. The van der Waals surface area contributed by atoms with Gasteiger partial charge in [0.2, 0.25) is 0 Å². The summed E-state index contributed by atoms with van der Waals surface area (Å²) < 4.78 is 11.1. The van der Waals surface area contributed by atoms with E-state index in [0.717, 1.165) is 34.6 Å². The number of carboxylic acids is 1. The van der Waals surface area contributed by atoms with Gasteiger partial charge in [0.15, 0.2) is 0 Å². The van der Waals surface area contributed by atoms with Crippen molar-refractivity contribution < 1.29 is 19.4 Å². The Kier molecular flexibility index (Phi) is 3.43. The van der Waals surface area contributed by atoms with Gasteiger partial charge in [0.25, 0.3) is 0 Å². The number of fused-ring (bicyclic) bond motifs is 1. The largest absolute Gasteiger partial charge is 0.496 e. The molecular weight excluding hydrogens is 244 g/mol. The van der Waals surface area contributed by atoms with Crippen molar-refractivity contribution in [2.75, 3.05) is 13.7 Å². The Morgan fingerprint density at radius 1 is 1.53 bits per heavy atom. The minimum Gasteiger partial charge on any atom is -0.496 e. The van der Waals surface area contributed by atoms with Gasteiger partial charge in [-0.15, -0.1) is 0 Å². The molecule has 1 aliphatic heterocycles. The van der Waals surface area contributed by atoms with E-state index in [0.29, 0.717) is 13.0 Å². The fourth-order valence-electron chi connectivity index (χ4n) is 2.53. The number of ether oxygens (including phenoxy) is 2. The van der Waals surface area contributed by atoms with Gasteiger partial charge in [-0.05, 0) is 38.8 Å². The summed E-state index contributed by atoms with van der Waals surface area (Å²) in [5.74, 6) is 0.858. The van der Waals surface area contributed by atoms with Crippen LogP contribution < -0.4 is 9.47 Å². The summed E-state index contributed by atoms with van der Waals surface area (Å²) in [6.45, 7) is 6.08. The first kappa shape index (κ1) is 13.7. The van der Waals surface area contributed by atoms with Crippen LogP contribution in [0.2, 0.25) is 0 Å². The third-order valence-electron chi connectivity index (χ3n) is 3.65. The van der Waals surface area contributed by atoms with Crippen LogP contribution in [-0.2, 0) is 17.6 Å². The lowest BCUT2D eigenvalue weighted by Gasteiger charge is -2.23. The zero-order valence-electron chi connectivity index (χ0n) is 11.9. The maximum Gasteiger partial charge on any atom is 0.309 e. The zero-order chi connectivity index (χ0) is 14.2. The molecule has 0 saturated carbocycles. The number of aryl methyl sites for hydroxylation is 1. The Hall–Kier alpha value is -1.71. The molecule has 1 aromatic rings. The summed E-state index contributed by atoms with van der Waals surface area (Å²) in [6.07, 6.45) is 1.26. The lowest BCUT2D eigenvalue weighted by atomic mass is 9.83. The Morgan fingerprint density at radius 2 is 2.21 bits per heavy atom. The maximum atomic E-state index is 11.3. The molecule has 4 heteroatoms. The van der Waals surface area contributed by atoms with Crippen LogP contribution in [0.25, 0.3) is 0 Å². The lowest BCUT2D eigenvalue weighted by molar-refractivity contribution is -0.146. The number of rotatable bonds is 4. The highest BCUT2D eigenvalue weighted by molar-refractivity contribution is 5.74. The van der Waals surface area contributed by atoms with Crippen molar-refractivity contribution in [3.05, 3.63) is 22.8 Å². The normalized spacial score (nSPS) is 13.9. The van der Waals surface area contributed by atoms with Crippen LogP contribution in [-0.4, -0.2) is 24.8 Å². The van der Waals surface area contributed by atoms with Crippen molar-refractivity contribution in [2.24, 2.45) is 5.41 Å². The molecule has 1 N–H and O–H groups in total. The molecule has 0 bridgehead atoms. The van der Waals surface area contributed by atoms with Crippen LogP contribution in [0.15, 0.2) is 6.07 Å². The SMILES string of the molecule is COc1c(C)cc2c(c1CC(C)(C)C(=O)O)CCO2. The van der Waals surface area contributed by atoms with Gasteiger partial charge in [0.05, 0.1) is 19.1 Å². The van der Waals surface area contributed by atoms with Gasteiger partial charge >= 0.3 is 5.97 Å². The molecule has 1 aliphatic rings. The van der Waals surface area contributed by atoms with E-state index in [-0.39, 0.29) is 0 Å². The van der Waals surface area contributed by atoms with Crippen LogP contribution in [0.3, 0.4) is 0 Å². The second-order valence-corrected chi connectivity index (χ2v) is 5.65. The first-order valence-corrected chi connectivity index (χ1v) is 6.42. The number of carboxylic acid groups (broad SMARTS) is 1. The Labute approximate surface area is 113 Å². The van der Waals surface area contributed by atoms with E-state index in [1.807, 2.05) is 13.0 Å². The number of benzene rings is 1. The summed E-state index contributed by atoms with van der Waals surface area (Å²) in [4.78, 5) is 11.3. The molecule has 2 rings (SSSR count). The molecule has 0 spiro atoms. The van der Waals surface area contributed by atoms with Crippen molar-refractivity contribution >= 4 is 5.97 Å². The average molecular weight is 264 g/mol. The van der Waals surface area contributed by atoms with Gasteiger partial charge in [0, 0.05) is 17.5 Å². The van der Waals surface area contributed by atoms with Crippen molar-refractivity contribution in [1.82, 2.24) is 0 Å². The lowest BCUT2D eigenvalue weighted by Crippen LogP contribution is -2.27. The van der Waals surface area contributed by atoms with E-state index in [9.17, 15) is 9.90 Å². The number of aliphatic carboxylic acids is 1. The summed E-state index contributed by atoms with van der Waals surface area (Å²) in [5.41, 5.74) is 2.23. The van der Waals surface area contributed by atoms with Crippen molar-refractivity contribution in [2.45, 2.75) is 33.6 Å². The van der Waals surface area contributed by atoms with Crippen LogP contribution >= 0.6 is 0 Å². The molecule has 4 nitrogen and oxygen atoms in total. The molecule has 0 saturated heterocycles. The molecule has 0 fully saturated rings. The topological polar surface area (TPSA) is 55.8 Å². The summed E-state index contributed by atoms with van der Waals surface area (Å²) in [7, 11) is 1.63. The number of hydrogen-bond acceptors (Lipinski definition) is 3. The van der Waals surface area contributed by atoms with E-state index < -0.39 is 11.4 Å². The van der Waals surface area contributed by atoms with Gasteiger partial charge < -0.3 is 14.6 Å². The molecular formula is C15H20O4. The Morgan fingerprint density at radius 3 is 2.79 bits per heavy atom. The van der Waals surface area contributed by atoms with E-state index in [1.165, 1.54) is 0 Å². The first-order chi connectivity index (χ1) is 8.86. The third-order valence-corrected chi connectivity index (χ3v) is 3.65. The van der Waals surface area contributed by atoms with E-state index in [1.54, 1.807) is 21.0 Å². The second-order valence-electron chi connectivity index (χ2n) is 5.65. The van der Waals surface area contributed by atoms with E-state index in [4.69, 9.17) is 9.47 Å². The molecule has 0 aliphatic carbocycles. The van der Waals surface area contributed by atoms with Crippen LogP contribution in [0.4, 0.5) is 0 Å². The molecule has 0 aromatic heterocycles. The predicted octanol–water partition coefficient (Wildman–Crippen LogP) is 2.59. The Bertz CT molecular complexity index is 514. The fourth-order valence-corrected chi connectivity index (χ4v) is 2.53. The molecule has 1 aromatic carbocycles. The monoisotopic (exact) mass is 264 g/mol. The van der Waals surface area contributed by atoms with Crippen LogP contribution in [0.5, 0.6) is 11.5 Å². The third kappa shape index (κ3) is 2.39. The minimum atomic E-state index is -0.822. The molecule has 19 heavy (non-hydrogen) atoms. The molecule has 1 heterocycles. The van der Waals surface area contributed by atoms with E-state index in [2.05, 4.69) is 0 Å². The van der Waals surface area contributed by atoms with Crippen LogP contribution in [0, 0.1) is 12.3 Å².